The van der Waals surface area contributed by atoms with Gasteiger partial charge in [-0.1, -0.05) is 0 Å². The van der Waals surface area contributed by atoms with Crippen molar-refractivity contribution in [2.75, 3.05) is 13.1 Å². The van der Waals surface area contributed by atoms with Gasteiger partial charge >= 0.3 is 0 Å². The minimum atomic E-state index is -0.889. The fraction of sp³-hybridized carbons (Fsp3) is 1.00. The quantitative estimate of drug-likeness (QED) is 0.413. The number of nitrogens with one attached hydrogen (secondary N) is 1. The topological polar surface area (TPSA) is 12.0 Å². The molecule has 4 heavy (non-hydrogen) atoms. The Hall–Kier alpha value is -0.0400. The summed E-state index contributed by atoms with van der Waals surface area (Å²) in [7, 11) is 0. The maximum absolute atomic E-state index is 6.87. The van der Waals surface area contributed by atoms with Gasteiger partial charge in [0, 0.05) is 2.74 Å². The molecule has 1 fully saturated rings. The fourth-order valence-corrected chi connectivity index (χ4v) is 0.125. The van der Waals surface area contributed by atoms with E-state index >= 15 is 0 Å². The van der Waals surface area contributed by atoms with Gasteiger partial charge in [0.2, 0.25) is 0 Å². The van der Waals surface area contributed by atoms with E-state index in [0.29, 0.717) is 13.1 Å². The Balaban J connectivity index is 2.31. The molecule has 0 saturated carbocycles. The van der Waals surface area contributed by atoms with Crippen molar-refractivity contribution in [2.24, 2.45) is 0 Å². The molecule has 0 aromatic carbocycles. The minimum absolute atomic E-state index is 0.535. The Bertz CT molecular complexity index is 55.8. The standard InChI is InChI=1S/C3H7N/c1-2-4-3-1/h4H,1-3H2/i1D2. The van der Waals surface area contributed by atoms with E-state index in [2.05, 4.69) is 5.32 Å². The molecule has 1 nitrogen and oxygen atoms in total. The van der Waals surface area contributed by atoms with Gasteiger partial charge in [-0.15, -0.1) is 0 Å². The highest BCUT2D eigenvalue weighted by molar-refractivity contribution is 4.56. The highest BCUT2D eigenvalue weighted by atomic mass is 14.9. The van der Waals surface area contributed by atoms with Crippen LogP contribution in [0.25, 0.3) is 0 Å². The van der Waals surface area contributed by atoms with Crippen molar-refractivity contribution in [2.45, 2.75) is 6.37 Å². The summed E-state index contributed by atoms with van der Waals surface area (Å²) in [5.74, 6) is 0. The maximum Gasteiger partial charge on any atom is 0.0293 e. The second-order valence-electron chi connectivity index (χ2n) is 0.854. The minimum Gasteiger partial charge on any atom is -0.317 e. The van der Waals surface area contributed by atoms with E-state index in [9.17, 15) is 0 Å². The van der Waals surface area contributed by atoms with Gasteiger partial charge in [0.05, 0.1) is 0 Å². The summed E-state index contributed by atoms with van der Waals surface area (Å²) < 4.78 is 13.7. The molecule has 0 aromatic rings. The van der Waals surface area contributed by atoms with Crippen LogP contribution in [0.1, 0.15) is 9.11 Å². The van der Waals surface area contributed by atoms with Crippen molar-refractivity contribution in [3.63, 3.8) is 0 Å². The molecule has 1 heterocycles. The Labute approximate surface area is 28.8 Å². The van der Waals surface area contributed by atoms with Gasteiger partial charge < -0.3 is 5.32 Å². The molecule has 0 unspecified atom stereocenters. The molecule has 0 amide bonds. The van der Waals surface area contributed by atoms with Crippen LogP contribution >= 0.6 is 0 Å². The van der Waals surface area contributed by atoms with Crippen LogP contribution in [-0.2, 0) is 0 Å². The summed E-state index contributed by atoms with van der Waals surface area (Å²) in [6.07, 6.45) is -0.889. The summed E-state index contributed by atoms with van der Waals surface area (Å²) in [5, 5.41) is 2.83. The van der Waals surface area contributed by atoms with Gasteiger partial charge in [0.25, 0.3) is 0 Å². The van der Waals surface area contributed by atoms with Crippen LogP contribution in [0.3, 0.4) is 0 Å². The van der Waals surface area contributed by atoms with Crippen LogP contribution in [0.5, 0.6) is 0 Å². The summed E-state index contributed by atoms with van der Waals surface area (Å²) in [6.45, 7) is 1.07. The van der Waals surface area contributed by atoms with Crippen LogP contribution in [0, 0.1) is 0 Å². The van der Waals surface area contributed by atoms with E-state index in [-0.39, 0.29) is 0 Å². The lowest BCUT2D eigenvalue weighted by atomic mass is 10.3. The van der Waals surface area contributed by atoms with Crippen LogP contribution in [0.4, 0.5) is 0 Å². The first kappa shape index (κ1) is 0.977. The van der Waals surface area contributed by atoms with Crippen LogP contribution in [0.2, 0.25) is 0 Å². The molecule has 1 saturated heterocycles. The first-order valence-electron chi connectivity index (χ1n) is 2.41. The van der Waals surface area contributed by atoms with Crippen LogP contribution < -0.4 is 5.32 Å². The highest BCUT2D eigenvalue weighted by Gasteiger charge is 1.92. The lowest BCUT2D eigenvalue weighted by Gasteiger charge is -2.09. The van der Waals surface area contributed by atoms with Crippen molar-refractivity contribution < 1.29 is 2.74 Å². The molecule has 24 valence electrons. The fourth-order valence-electron chi connectivity index (χ4n) is 0.125. The monoisotopic (exact) mass is 59.1 g/mol. The lowest BCUT2D eigenvalue weighted by Crippen LogP contribution is -2.29. The first-order valence-corrected chi connectivity index (χ1v) is 1.41. The smallest absolute Gasteiger partial charge is 0.0293 e. The molecule has 1 rings (SSSR count). The average Bonchev–Trinajstić information content (AvgIpc) is 1.32. The average molecular weight is 59.1 g/mol. The summed E-state index contributed by atoms with van der Waals surface area (Å²) in [5.41, 5.74) is 0. The molecule has 0 atom stereocenters. The van der Waals surface area contributed by atoms with Crippen molar-refractivity contribution in [3.05, 3.63) is 0 Å². The molecule has 0 radical (unpaired) electrons. The Morgan fingerprint density at radius 1 is 1.75 bits per heavy atom. The SMILES string of the molecule is [2H]C1([2H])CNC1. The van der Waals surface area contributed by atoms with E-state index in [1.54, 1.807) is 0 Å². The molecule has 1 aliphatic rings. The van der Waals surface area contributed by atoms with Gasteiger partial charge in [-0.2, -0.15) is 0 Å². The predicted molar refractivity (Wildman–Crippen MR) is 17.5 cm³/mol. The zero-order valence-electron chi connectivity index (χ0n) is 4.41. The third-order valence-corrected chi connectivity index (χ3v) is 0.500. The van der Waals surface area contributed by atoms with Gasteiger partial charge in [-0.25, -0.2) is 0 Å². The summed E-state index contributed by atoms with van der Waals surface area (Å²) in [4.78, 5) is 0. The summed E-state index contributed by atoms with van der Waals surface area (Å²) in [6, 6.07) is 0. The van der Waals surface area contributed by atoms with Crippen LogP contribution in [-0.4, -0.2) is 13.1 Å². The molecular weight excluding hydrogens is 50.0 g/mol. The third-order valence-electron chi connectivity index (χ3n) is 0.500. The number of rotatable bonds is 0. The van der Waals surface area contributed by atoms with Crippen molar-refractivity contribution in [1.82, 2.24) is 5.32 Å². The lowest BCUT2D eigenvalue weighted by molar-refractivity contribution is 0.527. The molecule has 1 aliphatic heterocycles. The molecule has 0 aliphatic carbocycles. The highest BCUT2D eigenvalue weighted by Crippen LogP contribution is 1.80. The zero-order chi connectivity index (χ0) is 4.62. The van der Waals surface area contributed by atoms with Gasteiger partial charge in [0.15, 0.2) is 0 Å². The van der Waals surface area contributed by atoms with Crippen molar-refractivity contribution in [3.8, 4) is 0 Å². The van der Waals surface area contributed by atoms with Gasteiger partial charge in [-0.3, -0.25) is 0 Å². The van der Waals surface area contributed by atoms with Crippen LogP contribution in [0.15, 0.2) is 0 Å². The molecule has 1 N–H and O–H groups in total. The van der Waals surface area contributed by atoms with E-state index in [1.807, 2.05) is 0 Å². The van der Waals surface area contributed by atoms with Crippen molar-refractivity contribution >= 4 is 0 Å². The van der Waals surface area contributed by atoms with Gasteiger partial charge in [0.1, 0.15) is 0 Å². The molecule has 1 heteroatoms. The molecule has 0 spiro atoms. The normalized spacial score (nSPS) is 44.0. The van der Waals surface area contributed by atoms with E-state index in [1.165, 1.54) is 0 Å². The van der Waals surface area contributed by atoms with Crippen molar-refractivity contribution in [1.29, 1.82) is 0 Å². The van der Waals surface area contributed by atoms with Gasteiger partial charge in [-0.05, 0) is 19.5 Å². The Kier molecular flexibility index (Phi) is 0.177. The molecular formula is C3H7N. The predicted octanol–water partition coefficient (Wildman–Crippen LogP) is -0.0203. The summed E-state index contributed by atoms with van der Waals surface area (Å²) >= 11 is 0. The number of hydrogen-bond acceptors (Lipinski definition) is 1. The second-order valence-corrected chi connectivity index (χ2v) is 0.854. The molecule has 0 bridgehead atoms. The van der Waals surface area contributed by atoms with E-state index in [0.717, 1.165) is 0 Å². The largest absolute Gasteiger partial charge is 0.317 e. The first-order chi connectivity index (χ1) is 2.71. The third kappa shape index (κ3) is 0.115. The number of hydrogen-bond donors (Lipinski definition) is 1. The maximum atomic E-state index is 6.87. The Morgan fingerprint density at radius 3 is 2.25 bits per heavy atom. The Morgan fingerprint density at radius 2 is 2.25 bits per heavy atom. The van der Waals surface area contributed by atoms with E-state index < -0.39 is 6.37 Å². The van der Waals surface area contributed by atoms with E-state index in [4.69, 9.17) is 2.74 Å². The molecule has 0 aromatic heterocycles. The second kappa shape index (κ2) is 0.725. The zero-order valence-corrected chi connectivity index (χ0v) is 2.41.